The van der Waals surface area contributed by atoms with Crippen molar-refractivity contribution in [1.82, 2.24) is 0 Å². The minimum absolute atomic E-state index is 0.231. The third-order valence-electron chi connectivity index (χ3n) is 2.70. The Kier molecular flexibility index (Phi) is 7.47. The molecule has 0 radical (unpaired) electrons. The van der Waals surface area contributed by atoms with Crippen LogP contribution in [-0.4, -0.2) is 30.0 Å². The summed E-state index contributed by atoms with van der Waals surface area (Å²) in [6, 6.07) is 6.89. The highest BCUT2D eigenvalue weighted by Crippen LogP contribution is 2.20. The first kappa shape index (κ1) is 16.9. The smallest absolute Gasteiger partial charge is 0.307 e. The molecule has 1 rings (SSSR count). The maximum absolute atomic E-state index is 11.6. The first-order valence-corrected chi connectivity index (χ1v) is 7.96. The lowest BCUT2D eigenvalue weighted by atomic mass is 10.2. The Morgan fingerprint density at radius 2 is 2.10 bits per heavy atom. The first-order valence-electron chi connectivity index (χ1n) is 6.29. The predicted molar refractivity (Wildman–Crippen MR) is 83.3 cm³/mol. The minimum Gasteiger partial charge on any atom is -0.456 e. The zero-order chi connectivity index (χ0) is 15.0. The van der Waals surface area contributed by atoms with Crippen LogP contribution in [0.25, 0.3) is 0 Å². The number of amides is 1. The second-order valence-corrected chi connectivity index (χ2v) is 5.70. The summed E-state index contributed by atoms with van der Waals surface area (Å²) in [5, 5.41) is 3.27. The van der Waals surface area contributed by atoms with Crippen molar-refractivity contribution in [2.45, 2.75) is 25.0 Å². The van der Waals surface area contributed by atoms with Crippen LogP contribution in [0.3, 0.4) is 0 Å². The summed E-state index contributed by atoms with van der Waals surface area (Å²) < 4.78 is 4.94. The minimum atomic E-state index is -0.399. The van der Waals surface area contributed by atoms with Gasteiger partial charge in [-0.3, -0.25) is 9.59 Å². The molecule has 0 bridgehead atoms. The van der Waals surface area contributed by atoms with Gasteiger partial charge in [-0.2, -0.15) is 11.8 Å². The first-order chi connectivity index (χ1) is 9.56. The number of para-hydroxylation sites is 1. The number of rotatable bonds is 7. The van der Waals surface area contributed by atoms with Gasteiger partial charge in [0.15, 0.2) is 6.61 Å². The van der Waals surface area contributed by atoms with Gasteiger partial charge in [0, 0.05) is 5.25 Å². The van der Waals surface area contributed by atoms with E-state index in [4.69, 9.17) is 16.3 Å². The largest absolute Gasteiger partial charge is 0.456 e. The fraction of sp³-hybridized carbons (Fsp3) is 0.429. The lowest BCUT2D eigenvalue weighted by Gasteiger charge is -2.11. The van der Waals surface area contributed by atoms with Crippen LogP contribution in [0, 0.1) is 0 Å². The highest BCUT2D eigenvalue weighted by Gasteiger charge is 2.14. The molecule has 0 spiro atoms. The van der Waals surface area contributed by atoms with Gasteiger partial charge in [0.2, 0.25) is 0 Å². The molecule has 1 N–H and O–H groups in total. The number of thioether (sulfide) groups is 1. The lowest BCUT2D eigenvalue weighted by Crippen LogP contribution is -2.22. The monoisotopic (exact) mass is 315 g/mol. The summed E-state index contributed by atoms with van der Waals surface area (Å²) in [6.45, 7) is 1.72. The van der Waals surface area contributed by atoms with Crippen molar-refractivity contribution >= 4 is 40.9 Å². The molecule has 0 heterocycles. The molecule has 6 heteroatoms. The zero-order valence-corrected chi connectivity index (χ0v) is 13.1. The van der Waals surface area contributed by atoms with Gasteiger partial charge in [0.05, 0.1) is 17.1 Å². The molecule has 4 nitrogen and oxygen atoms in total. The molecule has 1 atom stereocenters. The number of ether oxygens (including phenoxy) is 1. The molecule has 0 saturated heterocycles. The number of hydrogen-bond acceptors (Lipinski definition) is 4. The van der Waals surface area contributed by atoms with Gasteiger partial charge < -0.3 is 10.1 Å². The molecule has 20 heavy (non-hydrogen) atoms. The van der Waals surface area contributed by atoms with E-state index in [1.54, 1.807) is 36.0 Å². The number of halogens is 1. The number of hydrogen-bond donors (Lipinski definition) is 1. The number of benzene rings is 1. The molecule has 1 aromatic carbocycles. The van der Waals surface area contributed by atoms with Crippen LogP contribution in [0.5, 0.6) is 0 Å². The SMILES string of the molecule is CC[C@@H](CC(=O)OCC(=O)Nc1ccccc1Cl)SC. The number of carbonyl (C=O) groups excluding carboxylic acids is 2. The van der Waals surface area contributed by atoms with Crippen LogP contribution in [0.1, 0.15) is 19.8 Å². The van der Waals surface area contributed by atoms with E-state index in [0.29, 0.717) is 17.1 Å². The number of esters is 1. The van der Waals surface area contributed by atoms with Crippen molar-refractivity contribution in [2.75, 3.05) is 18.2 Å². The van der Waals surface area contributed by atoms with Gasteiger partial charge in [-0.25, -0.2) is 0 Å². The molecular weight excluding hydrogens is 298 g/mol. The predicted octanol–water partition coefficient (Wildman–Crippen LogP) is 3.35. The van der Waals surface area contributed by atoms with E-state index in [-0.39, 0.29) is 17.8 Å². The average molecular weight is 316 g/mol. The van der Waals surface area contributed by atoms with E-state index < -0.39 is 5.91 Å². The Labute approximate surface area is 128 Å². The third-order valence-corrected chi connectivity index (χ3v) is 4.19. The van der Waals surface area contributed by atoms with Crippen molar-refractivity contribution < 1.29 is 14.3 Å². The quantitative estimate of drug-likeness (QED) is 0.784. The van der Waals surface area contributed by atoms with Gasteiger partial charge in [0.25, 0.3) is 5.91 Å². The fourth-order valence-corrected chi connectivity index (χ4v) is 2.35. The topological polar surface area (TPSA) is 55.4 Å². The molecule has 110 valence electrons. The van der Waals surface area contributed by atoms with E-state index in [1.165, 1.54) is 0 Å². The Morgan fingerprint density at radius 1 is 1.40 bits per heavy atom. The van der Waals surface area contributed by atoms with E-state index in [1.807, 2.05) is 13.2 Å². The second-order valence-electron chi connectivity index (χ2n) is 4.16. The van der Waals surface area contributed by atoms with Crippen LogP contribution >= 0.6 is 23.4 Å². The standard InChI is InChI=1S/C14H18ClNO3S/c1-3-10(20-2)8-14(18)19-9-13(17)16-12-7-5-4-6-11(12)15/h4-7,10H,3,8-9H2,1-2H3,(H,16,17)/t10-/m0/s1. The zero-order valence-electron chi connectivity index (χ0n) is 11.5. The summed E-state index contributed by atoms with van der Waals surface area (Å²) in [5.41, 5.74) is 0.505. The van der Waals surface area contributed by atoms with Crippen molar-refractivity contribution in [1.29, 1.82) is 0 Å². The van der Waals surface area contributed by atoms with Crippen molar-refractivity contribution in [3.05, 3.63) is 29.3 Å². The fourth-order valence-electron chi connectivity index (χ4n) is 1.53. The molecule has 0 aliphatic carbocycles. The molecular formula is C14H18ClNO3S. The maximum Gasteiger partial charge on any atom is 0.307 e. The van der Waals surface area contributed by atoms with Crippen molar-refractivity contribution in [3.8, 4) is 0 Å². The third kappa shape index (κ3) is 5.84. The number of nitrogens with one attached hydrogen (secondary N) is 1. The summed E-state index contributed by atoms with van der Waals surface area (Å²) in [7, 11) is 0. The van der Waals surface area contributed by atoms with E-state index in [0.717, 1.165) is 6.42 Å². The van der Waals surface area contributed by atoms with E-state index in [9.17, 15) is 9.59 Å². The Bertz CT molecular complexity index is 463. The van der Waals surface area contributed by atoms with E-state index >= 15 is 0 Å². The molecule has 1 amide bonds. The molecule has 0 saturated carbocycles. The van der Waals surface area contributed by atoms with Crippen LogP contribution in [0.4, 0.5) is 5.69 Å². The van der Waals surface area contributed by atoms with Gasteiger partial charge in [0.1, 0.15) is 0 Å². The molecule has 0 aliphatic rings. The molecule has 1 aromatic rings. The average Bonchev–Trinajstić information content (AvgIpc) is 2.45. The summed E-state index contributed by atoms with van der Waals surface area (Å²) in [4.78, 5) is 23.2. The van der Waals surface area contributed by atoms with Crippen LogP contribution in [0.15, 0.2) is 24.3 Å². The highest BCUT2D eigenvalue weighted by atomic mass is 35.5. The van der Waals surface area contributed by atoms with Crippen LogP contribution in [0.2, 0.25) is 5.02 Å². The summed E-state index contributed by atoms with van der Waals surface area (Å²) in [5.74, 6) is -0.760. The van der Waals surface area contributed by atoms with Gasteiger partial charge in [-0.15, -0.1) is 0 Å². The van der Waals surface area contributed by atoms with Gasteiger partial charge in [-0.1, -0.05) is 30.7 Å². The van der Waals surface area contributed by atoms with Gasteiger partial charge >= 0.3 is 5.97 Å². The Hall–Kier alpha value is -1.20. The molecule has 0 aromatic heterocycles. The maximum atomic E-state index is 11.6. The number of carbonyl (C=O) groups is 2. The van der Waals surface area contributed by atoms with Crippen molar-refractivity contribution in [2.24, 2.45) is 0 Å². The molecule has 0 unspecified atom stereocenters. The van der Waals surface area contributed by atoms with Gasteiger partial charge in [-0.05, 0) is 24.8 Å². The number of anilines is 1. The molecule has 0 aliphatic heterocycles. The Balaban J connectivity index is 2.37. The van der Waals surface area contributed by atoms with Crippen LogP contribution in [-0.2, 0) is 14.3 Å². The van der Waals surface area contributed by atoms with Crippen LogP contribution < -0.4 is 5.32 Å². The summed E-state index contributed by atoms with van der Waals surface area (Å²) in [6.07, 6.45) is 3.16. The Morgan fingerprint density at radius 3 is 2.70 bits per heavy atom. The normalized spacial score (nSPS) is 11.8. The van der Waals surface area contributed by atoms with Crippen molar-refractivity contribution in [3.63, 3.8) is 0 Å². The second kappa shape index (κ2) is 8.87. The highest BCUT2D eigenvalue weighted by molar-refractivity contribution is 7.99. The van der Waals surface area contributed by atoms with E-state index in [2.05, 4.69) is 5.32 Å². The summed E-state index contributed by atoms with van der Waals surface area (Å²) >= 11 is 7.53. The molecule has 0 fully saturated rings. The lowest BCUT2D eigenvalue weighted by molar-refractivity contribution is -0.147.